The molecule has 20 heavy (non-hydrogen) atoms. The molecule has 2 N–H and O–H groups in total. The summed E-state index contributed by atoms with van der Waals surface area (Å²) in [5, 5.41) is 9.30. The van der Waals surface area contributed by atoms with E-state index >= 15 is 0 Å². The van der Waals surface area contributed by atoms with Crippen LogP contribution in [0.3, 0.4) is 0 Å². The molecule has 1 aromatic rings. The zero-order chi connectivity index (χ0) is 15.6. The summed E-state index contributed by atoms with van der Waals surface area (Å²) in [5.41, 5.74) is -0.707. The fourth-order valence-corrected chi connectivity index (χ4v) is 3.67. The Balaban J connectivity index is 3.23. The zero-order valence-corrected chi connectivity index (χ0v) is 14.0. The number of halogens is 1. The van der Waals surface area contributed by atoms with Crippen molar-refractivity contribution >= 4 is 31.9 Å². The topological polar surface area (TPSA) is 83.5 Å². The second-order valence-electron chi connectivity index (χ2n) is 4.61. The first kappa shape index (κ1) is 17.1. The summed E-state index contributed by atoms with van der Waals surface area (Å²) < 4.78 is 27.8. The first-order valence-electron chi connectivity index (χ1n) is 6.22. The highest BCUT2D eigenvalue weighted by Crippen LogP contribution is 2.23. The molecule has 1 rings (SSSR count). The summed E-state index contributed by atoms with van der Waals surface area (Å²) in [6, 6.07) is 4.58. The third-order valence-electron chi connectivity index (χ3n) is 3.39. The van der Waals surface area contributed by atoms with Crippen LogP contribution in [0, 0.1) is 6.92 Å². The van der Waals surface area contributed by atoms with E-state index in [2.05, 4.69) is 20.7 Å². The van der Waals surface area contributed by atoms with Gasteiger partial charge in [0.05, 0.1) is 4.90 Å². The van der Waals surface area contributed by atoms with Gasteiger partial charge in [-0.15, -0.1) is 0 Å². The number of sulfonamides is 1. The molecule has 0 atom stereocenters. The van der Waals surface area contributed by atoms with Crippen molar-refractivity contribution in [2.45, 2.75) is 44.0 Å². The Kier molecular flexibility index (Phi) is 5.34. The summed E-state index contributed by atoms with van der Waals surface area (Å²) in [6.45, 7) is 5.06. The van der Waals surface area contributed by atoms with Crippen LogP contribution in [-0.2, 0) is 14.8 Å². The van der Waals surface area contributed by atoms with Gasteiger partial charge in [0.15, 0.2) is 0 Å². The van der Waals surface area contributed by atoms with Crippen molar-refractivity contribution < 1.29 is 18.3 Å². The van der Waals surface area contributed by atoms with Gasteiger partial charge in [0.1, 0.15) is 5.54 Å². The van der Waals surface area contributed by atoms with E-state index in [1.165, 1.54) is 12.1 Å². The number of hydrogen-bond donors (Lipinski definition) is 2. The Morgan fingerprint density at radius 2 is 1.90 bits per heavy atom. The van der Waals surface area contributed by atoms with E-state index in [9.17, 15) is 18.3 Å². The summed E-state index contributed by atoms with van der Waals surface area (Å²) in [5.74, 6) is -1.17. The van der Waals surface area contributed by atoms with Crippen LogP contribution >= 0.6 is 15.9 Å². The summed E-state index contributed by atoms with van der Waals surface area (Å²) in [4.78, 5) is 11.4. The van der Waals surface area contributed by atoms with Gasteiger partial charge in [0, 0.05) is 4.47 Å². The molecule has 0 amide bonds. The van der Waals surface area contributed by atoms with Crippen molar-refractivity contribution in [1.82, 2.24) is 4.72 Å². The molecule has 0 spiro atoms. The average Bonchev–Trinajstić information content (AvgIpc) is 2.38. The molecular formula is C13H18BrNO4S. The molecule has 5 nitrogen and oxygen atoms in total. The third kappa shape index (κ3) is 3.39. The maximum Gasteiger partial charge on any atom is 0.324 e. The summed E-state index contributed by atoms with van der Waals surface area (Å²) in [6.07, 6.45) is 0.348. The molecular weight excluding hydrogens is 346 g/mol. The molecule has 0 bridgehead atoms. The number of aryl methyl sites for hydroxylation is 1. The van der Waals surface area contributed by atoms with E-state index in [4.69, 9.17) is 0 Å². The molecule has 7 heteroatoms. The highest BCUT2D eigenvalue weighted by molar-refractivity contribution is 9.10. The molecule has 0 fully saturated rings. The lowest BCUT2D eigenvalue weighted by Gasteiger charge is -2.27. The molecule has 0 aliphatic heterocycles. The Labute approximate surface area is 127 Å². The molecule has 0 aromatic heterocycles. The van der Waals surface area contributed by atoms with Crippen LogP contribution in [0.1, 0.15) is 32.3 Å². The number of aliphatic carboxylic acids is 1. The molecule has 0 saturated carbocycles. The maximum atomic E-state index is 12.3. The van der Waals surface area contributed by atoms with Crippen molar-refractivity contribution in [2.75, 3.05) is 0 Å². The van der Waals surface area contributed by atoms with Crippen LogP contribution in [-0.4, -0.2) is 25.0 Å². The predicted octanol–water partition coefficient (Wildman–Crippen LogP) is 2.68. The highest BCUT2D eigenvalue weighted by atomic mass is 79.9. The van der Waals surface area contributed by atoms with Crippen LogP contribution in [0.15, 0.2) is 27.6 Å². The van der Waals surface area contributed by atoms with Crippen LogP contribution in [0.25, 0.3) is 0 Å². The van der Waals surface area contributed by atoms with Crippen molar-refractivity contribution in [3.63, 3.8) is 0 Å². The summed E-state index contributed by atoms with van der Waals surface area (Å²) >= 11 is 3.30. The van der Waals surface area contributed by atoms with E-state index in [0.29, 0.717) is 0 Å². The van der Waals surface area contributed by atoms with E-state index < -0.39 is 21.5 Å². The number of carboxylic acids is 1. The Hall–Kier alpha value is -0.920. The Bertz CT molecular complexity index is 609. The highest BCUT2D eigenvalue weighted by Gasteiger charge is 2.39. The number of benzene rings is 1. The second-order valence-corrected chi connectivity index (χ2v) is 7.15. The monoisotopic (exact) mass is 363 g/mol. The molecule has 0 unspecified atom stereocenters. The number of rotatable bonds is 6. The normalized spacial score (nSPS) is 12.4. The standard InChI is InChI=1S/C13H18BrNO4S/c1-4-13(5-2,12(16)17)15-20(18,19)10-6-7-11(14)9(3)8-10/h6-8,15H,4-5H2,1-3H3,(H,16,17). The lowest BCUT2D eigenvalue weighted by Crippen LogP contribution is -2.53. The molecule has 0 aliphatic rings. The van der Waals surface area contributed by atoms with Gasteiger partial charge in [-0.3, -0.25) is 4.79 Å². The SMILES string of the molecule is CCC(CC)(NS(=O)(=O)c1ccc(Br)c(C)c1)C(=O)O. The van der Waals surface area contributed by atoms with Crippen molar-refractivity contribution in [1.29, 1.82) is 0 Å². The van der Waals surface area contributed by atoms with Crippen LogP contribution < -0.4 is 4.72 Å². The van der Waals surface area contributed by atoms with E-state index in [1.807, 2.05) is 0 Å². The fraction of sp³-hybridized carbons (Fsp3) is 0.462. The van der Waals surface area contributed by atoms with Gasteiger partial charge < -0.3 is 5.11 Å². The third-order valence-corrected chi connectivity index (χ3v) is 5.81. The number of hydrogen-bond acceptors (Lipinski definition) is 3. The fourth-order valence-electron chi connectivity index (χ4n) is 1.84. The van der Waals surface area contributed by atoms with Gasteiger partial charge in [-0.2, -0.15) is 4.72 Å². The minimum atomic E-state index is -3.88. The Morgan fingerprint density at radius 1 is 1.35 bits per heavy atom. The molecule has 0 saturated heterocycles. The van der Waals surface area contributed by atoms with Gasteiger partial charge in [-0.1, -0.05) is 29.8 Å². The molecule has 1 aromatic carbocycles. The maximum absolute atomic E-state index is 12.3. The number of carbonyl (C=O) groups is 1. The van der Waals surface area contributed by atoms with E-state index in [1.54, 1.807) is 26.8 Å². The van der Waals surface area contributed by atoms with Crippen LogP contribution in [0.4, 0.5) is 0 Å². The van der Waals surface area contributed by atoms with Gasteiger partial charge in [-0.05, 0) is 43.5 Å². The quantitative estimate of drug-likeness (QED) is 0.813. The minimum Gasteiger partial charge on any atom is -0.480 e. The molecule has 112 valence electrons. The number of carboxylic acid groups (broad SMARTS) is 1. The largest absolute Gasteiger partial charge is 0.480 e. The van der Waals surface area contributed by atoms with Crippen molar-refractivity contribution in [3.05, 3.63) is 28.2 Å². The van der Waals surface area contributed by atoms with Crippen molar-refractivity contribution in [2.24, 2.45) is 0 Å². The van der Waals surface area contributed by atoms with E-state index in [0.717, 1.165) is 10.0 Å². The lowest BCUT2D eigenvalue weighted by atomic mass is 9.95. The number of nitrogens with one attached hydrogen (secondary N) is 1. The average molecular weight is 364 g/mol. The van der Waals surface area contributed by atoms with Crippen molar-refractivity contribution in [3.8, 4) is 0 Å². The molecule has 0 aliphatic carbocycles. The first-order chi connectivity index (χ1) is 9.18. The van der Waals surface area contributed by atoms with Gasteiger partial charge in [0.25, 0.3) is 0 Å². The zero-order valence-electron chi connectivity index (χ0n) is 11.6. The van der Waals surface area contributed by atoms with Gasteiger partial charge in [0.2, 0.25) is 10.0 Å². The Morgan fingerprint density at radius 3 is 2.30 bits per heavy atom. The summed E-state index contributed by atoms with van der Waals surface area (Å²) in [7, 11) is -3.88. The van der Waals surface area contributed by atoms with Crippen LogP contribution in [0.2, 0.25) is 0 Å². The lowest BCUT2D eigenvalue weighted by molar-refractivity contribution is -0.144. The first-order valence-corrected chi connectivity index (χ1v) is 8.49. The van der Waals surface area contributed by atoms with Gasteiger partial charge >= 0.3 is 5.97 Å². The smallest absolute Gasteiger partial charge is 0.324 e. The molecule has 0 heterocycles. The van der Waals surface area contributed by atoms with E-state index in [-0.39, 0.29) is 17.7 Å². The van der Waals surface area contributed by atoms with Crippen LogP contribution in [0.5, 0.6) is 0 Å². The predicted molar refractivity (Wildman–Crippen MR) is 80.1 cm³/mol. The molecule has 0 radical (unpaired) electrons. The van der Waals surface area contributed by atoms with Gasteiger partial charge in [-0.25, -0.2) is 8.42 Å². The minimum absolute atomic E-state index is 0.0609. The second kappa shape index (κ2) is 6.24.